The topological polar surface area (TPSA) is 55.2 Å². The third-order valence-electron chi connectivity index (χ3n) is 3.12. The summed E-state index contributed by atoms with van der Waals surface area (Å²) < 4.78 is 6.95. The molecule has 2 rings (SSSR count). The molecule has 1 aromatic rings. The number of likely N-dealkylation sites (N-methyl/N-ethyl adjacent to an activating group) is 1. The summed E-state index contributed by atoms with van der Waals surface area (Å²) in [7, 11) is 3.82. The van der Waals surface area contributed by atoms with Gasteiger partial charge in [-0.3, -0.25) is 4.68 Å². The van der Waals surface area contributed by atoms with E-state index in [9.17, 15) is 0 Å². The zero-order valence-corrected chi connectivity index (χ0v) is 11.3. The maximum absolute atomic E-state index is 5.04. The van der Waals surface area contributed by atoms with E-state index in [2.05, 4.69) is 27.6 Å². The second-order valence-electron chi connectivity index (χ2n) is 4.92. The fourth-order valence-corrected chi connectivity index (χ4v) is 1.70. The average molecular weight is 253 g/mol. The van der Waals surface area contributed by atoms with E-state index in [1.54, 1.807) is 7.11 Å². The van der Waals surface area contributed by atoms with Gasteiger partial charge in [-0.15, -0.1) is 5.10 Å². The lowest BCUT2D eigenvalue weighted by molar-refractivity contribution is 0.158. The lowest BCUT2D eigenvalue weighted by Crippen LogP contribution is -2.26. The summed E-state index contributed by atoms with van der Waals surface area (Å²) in [6, 6.07) is 0.718. The van der Waals surface area contributed by atoms with Gasteiger partial charge in [0.2, 0.25) is 0 Å². The van der Waals surface area contributed by atoms with Gasteiger partial charge in [0.1, 0.15) is 0 Å². The van der Waals surface area contributed by atoms with Crippen LogP contribution in [0.2, 0.25) is 0 Å². The predicted octanol–water partition coefficient (Wildman–Crippen LogP) is 0.108. The summed E-state index contributed by atoms with van der Waals surface area (Å²) in [5.41, 5.74) is 1.03. The van der Waals surface area contributed by atoms with Crippen molar-refractivity contribution in [2.24, 2.45) is 0 Å². The van der Waals surface area contributed by atoms with Gasteiger partial charge in [0.15, 0.2) is 0 Å². The van der Waals surface area contributed by atoms with Crippen molar-refractivity contribution in [3.63, 3.8) is 0 Å². The molecule has 1 heterocycles. The van der Waals surface area contributed by atoms with E-state index in [1.165, 1.54) is 12.8 Å². The molecule has 1 saturated carbocycles. The Hall–Kier alpha value is -0.980. The number of aromatic nitrogens is 3. The fraction of sp³-hybridized carbons (Fsp3) is 0.833. The molecule has 0 radical (unpaired) electrons. The van der Waals surface area contributed by atoms with Crippen LogP contribution in [0.15, 0.2) is 6.20 Å². The van der Waals surface area contributed by atoms with Crippen molar-refractivity contribution in [1.29, 1.82) is 0 Å². The number of hydrogen-bond donors (Lipinski definition) is 1. The summed E-state index contributed by atoms with van der Waals surface area (Å²) in [4.78, 5) is 2.23. The van der Waals surface area contributed by atoms with E-state index in [4.69, 9.17) is 4.74 Å². The van der Waals surface area contributed by atoms with Crippen molar-refractivity contribution in [2.45, 2.75) is 32.0 Å². The molecular formula is C12H23N5O. The number of ether oxygens (including phenoxy) is 1. The Balaban J connectivity index is 1.65. The number of nitrogens with zero attached hydrogens (tertiary/aromatic N) is 4. The summed E-state index contributed by atoms with van der Waals surface area (Å²) in [6.45, 7) is 4.38. The third-order valence-corrected chi connectivity index (χ3v) is 3.12. The van der Waals surface area contributed by atoms with Gasteiger partial charge >= 0.3 is 0 Å². The molecule has 0 saturated heterocycles. The van der Waals surface area contributed by atoms with E-state index in [0.717, 1.165) is 44.5 Å². The Morgan fingerprint density at radius 2 is 2.33 bits per heavy atom. The first-order valence-electron chi connectivity index (χ1n) is 6.58. The average Bonchev–Trinajstić information content (AvgIpc) is 3.10. The molecule has 1 aromatic heterocycles. The van der Waals surface area contributed by atoms with Crippen LogP contribution in [0.1, 0.15) is 18.5 Å². The number of methoxy groups -OCH3 is 1. The van der Waals surface area contributed by atoms with E-state index in [-0.39, 0.29) is 0 Å². The van der Waals surface area contributed by atoms with Gasteiger partial charge in [-0.25, -0.2) is 0 Å². The second kappa shape index (κ2) is 6.82. The lowest BCUT2D eigenvalue weighted by Gasteiger charge is -2.15. The Morgan fingerprint density at radius 3 is 3.06 bits per heavy atom. The van der Waals surface area contributed by atoms with Crippen molar-refractivity contribution < 1.29 is 4.74 Å². The zero-order valence-electron chi connectivity index (χ0n) is 11.3. The largest absolute Gasteiger partial charge is 0.383 e. The molecule has 6 nitrogen and oxygen atoms in total. The molecule has 18 heavy (non-hydrogen) atoms. The smallest absolute Gasteiger partial charge is 0.0964 e. The highest BCUT2D eigenvalue weighted by atomic mass is 16.5. The van der Waals surface area contributed by atoms with Gasteiger partial charge in [0, 0.05) is 39.0 Å². The molecule has 0 bridgehead atoms. The Morgan fingerprint density at radius 1 is 1.50 bits per heavy atom. The van der Waals surface area contributed by atoms with Crippen LogP contribution in [0, 0.1) is 0 Å². The quantitative estimate of drug-likeness (QED) is 0.677. The first-order chi connectivity index (χ1) is 8.78. The van der Waals surface area contributed by atoms with Crippen molar-refractivity contribution in [1.82, 2.24) is 25.2 Å². The van der Waals surface area contributed by atoms with Crippen LogP contribution < -0.4 is 5.32 Å². The number of hydrogen-bond acceptors (Lipinski definition) is 5. The third kappa shape index (κ3) is 4.72. The molecule has 1 aliphatic rings. The molecule has 0 aromatic carbocycles. The van der Waals surface area contributed by atoms with Crippen LogP contribution in [0.25, 0.3) is 0 Å². The summed E-state index contributed by atoms with van der Waals surface area (Å²) >= 11 is 0. The Kier molecular flexibility index (Phi) is 5.10. The Bertz CT molecular complexity index is 350. The molecule has 6 heteroatoms. The molecule has 0 aliphatic heterocycles. The van der Waals surface area contributed by atoms with Gasteiger partial charge in [0.25, 0.3) is 0 Å². The summed E-state index contributed by atoms with van der Waals surface area (Å²) in [5.74, 6) is 0. The van der Waals surface area contributed by atoms with Crippen molar-refractivity contribution >= 4 is 0 Å². The van der Waals surface area contributed by atoms with Crippen LogP contribution in [0.5, 0.6) is 0 Å². The highest BCUT2D eigenvalue weighted by Gasteiger charge is 2.20. The van der Waals surface area contributed by atoms with Gasteiger partial charge in [-0.05, 0) is 19.9 Å². The van der Waals surface area contributed by atoms with Crippen LogP contribution in [0.4, 0.5) is 0 Å². The minimum atomic E-state index is 0.718. The number of nitrogens with one attached hydrogen (secondary N) is 1. The van der Waals surface area contributed by atoms with Gasteiger partial charge in [0.05, 0.1) is 18.8 Å². The van der Waals surface area contributed by atoms with Crippen molar-refractivity contribution in [3.8, 4) is 0 Å². The van der Waals surface area contributed by atoms with Crippen LogP contribution in [-0.4, -0.2) is 59.8 Å². The highest BCUT2D eigenvalue weighted by Crippen LogP contribution is 2.18. The zero-order chi connectivity index (χ0) is 12.8. The van der Waals surface area contributed by atoms with Gasteiger partial charge in [-0.2, -0.15) is 0 Å². The van der Waals surface area contributed by atoms with E-state index >= 15 is 0 Å². The first kappa shape index (κ1) is 13.5. The molecule has 1 N–H and O–H groups in total. The Labute approximate surface area is 108 Å². The van der Waals surface area contributed by atoms with Crippen molar-refractivity contribution in [3.05, 3.63) is 11.9 Å². The van der Waals surface area contributed by atoms with E-state index < -0.39 is 0 Å². The standard InChI is InChI=1S/C12H23N5O/c1-16(7-8-18-2)5-6-17-10-12(14-15-17)9-13-11-3-4-11/h10-11,13H,3-9H2,1-2H3. The number of rotatable bonds is 9. The molecule has 0 amide bonds. The molecule has 1 aliphatic carbocycles. The van der Waals surface area contributed by atoms with Crippen LogP contribution in [-0.2, 0) is 17.8 Å². The molecular weight excluding hydrogens is 230 g/mol. The van der Waals surface area contributed by atoms with E-state index in [0.29, 0.717) is 0 Å². The molecule has 1 fully saturated rings. The van der Waals surface area contributed by atoms with Gasteiger partial charge in [-0.1, -0.05) is 5.21 Å². The molecule has 0 spiro atoms. The molecule has 0 unspecified atom stereocenters. The maximum atomic E-state index is 5.04. The highest BCUT2D eigenvalue weighted by molar-refractivity contribution is 4.94. The summed E-state index contributed by atoms with van der Waals surface area (Å²) in [5, 5.41) is 11.7. The van der Waals surface area contributed by atoms with Crippen LogP contribution in [0.3, 0.4) is 0 Å². The normalized spacial score (nSPS) is 15.5. The predicted molar refractivity (Wildman–Crippen MR) is 69.3 cm³/mol. The minimum Gasteiger partial charge on any atom is -0.383 e. The lowest BCUT2D eigenvalue weighted by atomic mass is 10.4. The van der Waals surface area contributed by atoms with E-state index in [1.807, 2.05) is 10.9 Å². The van der Waals surface area contributed by atoms with Crippen molar-refractivity contribution in [2.75, 3.05) is 33.9 Å². The SMILES string of the molecule is COCCN(C)CCn1cc(CNC2CC2)nn1. The fourth-order valence-electron chi connectivity index (χ4n) is 1.70. The second-order valence-corrected chi connectivity index (χ2v) is 4.92. The first-order valence-corrected chi connectivity index (χ1v) is 6.58. The molecule has 102 valence electrons. The maximum Gasteiger partial charge on any atom is 0.0964 e. The van der Waals surface area contributed by atoms with Gasteiger partial charge < -0.3 is 15.0 Å². The molecule has 0 atom stereocenters. The monoisotopic (exact) mass is 253 g/mol. The minimum absolute atomic E-state index is 0.718. The van der Waals surface area contributed by atoms with Crippen LogP contribution >= 0.6 is 0 Å². The summed E-state index contributed by atoms with van der Waals surface area (Å²) in [6.07, 6.45) is 4.64.